The molecular weight excluding hydrogens is 306 g/mol. The molecule has 1 saturated carbocycles. The van der Waals surface area contributed by atoms with Crippen LogP contribution >= 0.6 is 23.7 Å². The Morgan fingerprint density at radius 1 is 1.10 bits per heavy atom. The highest BCUT2D eigenvalue weighted by Gasteiger charge is 2.35. The Kier molecular flexibility index (Phi) is 5.63. The highest BCUT2D eigenvalue weighted by atomic mass is 35.5. The number of hydrogen-bond donors (Lipinski definition) is 2. The molecule has 1 aromatic rings. The van der Waals surface area contributed by atoms with Crippen molar-refractivity contribution in [2.75, 3.05) is 5.32 Å². The Hall–Kier alpha value is -0.650. The van der Waals surface area contributed by atoms with Crippen LogP contribution in [-0.4, -0.2) is 16.4 Å². The van der Waals surface area contributed by atoms with E-state index in [1.807, 2.05) is 0 Å². The van der Waals surface area contributed by atoms with Crippen molar-refractivity contribution in [3.8, 4) is 0 Å². The third kappa shape index (κ3) is 3.76. The van der Waals surface area contributed by atoms with Gasteiger partial charge >= 0.3 is 0 Å². The van der Waals surface area contributed by atoms with Gasteiger partial charge in [0.2, 0.25) is 5.91 Å². The second-order valence-electron chi connectivity index (χ2n) is 6.12. The minimum Gasteiger partial charge on any atom is -0.317 e. The van der Waals surface area contributed by atoms with Crippen LogP contribution in [0, 0.1) is 0 Å². The maximum Gasteiger partial charge on any atom is 0.246 e. The van der Waals surface area contributed by atoms with Gasteiger partial charge in [0.15, 0.2) is 5.13 Å². The van der Waals surface area contributed by atoms with Crippen LogP contribution < -0.4 is 11.1 Å². The predicted octanol–water partition coefficient (Wildman–Crippen LogP) is 3.43. The fourth-order valence-corrected chi connectivity index (χ4v) is 4.26. The first kappa shape index (κ1) is 16.7. The molecule has 3 N–H and O–H groups in total. The SMILES string of the molecule is Cl.NC1(C(=O)Nc2nc3c(s2)CCCCC3)CCCCC1. The highest BCUT2D eigenvalue weighted by Crippen LogP contribution is 2.31. The van der Waals surface area contributed by atoms with E-state index >= 15 is 0 Å². The first-order valence-corrected chi connectivity index (χ1v) is 8.58. The highest BCUT2D eigenvalue weighted by molar-refractivity contribution is 7.15. The second-order valence-corrected chi connectivity index (χ2v) is 7.20. The van der Waals surface area contributed by atoms with E-state index in [4.69, 9.17) is 5.73 Å². The Labute approximate surface area is 136 Å². The molecule has 3 rings (SSSR count). The van der Waals surface area contributed by atoms with Gasteiger partial charge in [0.1, 0.15) is 0 Å². The molecule has 0 bridgehead atoms. The van der Waals surface area contributed by atoms with Crippen molar-refractivity contribution in [3.05, 3.63) is 10.6 Å². The summed E-state index contributed by atoms with van der Waals surface area (Å²) in [6.45, 7) is 0. The third-order valence-corrected chi connectivity index (χ3v) is 5.59. The van der Waals surface area contributed by atoms with E-state index in [1.165, 1.54) is 36.3 Å². The van der Waals surface area contributed by atoms with E-state index in [-0.39, 0.29) is 18.3 Å². The number of halogens is 1. The minimum absolute atomic E-state index is 0. The molecule has 6 heteroatoms. The molecule has 0 saturated heterocycles. The van der Waals surface area contributed by atoms with Gasteiger partial charge in [-0.25, -0.2) is 4.98 Å². The smallest absolute Gasteiger partial charge is 0.246 e. The number of carbonyl (C=O) groups is 1. The lowest BCUT2D eigenvalue weighted by Gasteiger charge is -2.31. The van der Waals surface area contributed by atoms with Crippen LogP contribution in [0.5, 0.6) is 0 Å². The zero-order chi connectivity index (χ0) is 14.0. The zero-order valence-corrected chi connectivity index (χ0v) is 14.0. The van der Waals surface area contributed by atoms with E-state index in [9.17, 15) is 4.79 Å². The van der Waals surface area contributed by atoms with Crippen molar-refractivity contribution in [2.45, 2.75) is 69.7 Å². The van der Waals surface area contributed by atoms with E-state index in [0.717, 1.165) is 43.7 Å². The standard InChI is InChI=1S/C15H23N3OS.ClH/c16-15(9-5-2-6-10-15)13(19)18-14-17-11-7-3-1-4-8-12(11)20-14;/h1-10,16H2,(H,17,18,19);1H. The normalized spacial score (nSPS) is 20.8. The molecular formula is C15H24ClN3OS. The van der Waals surface area contributed by atoms with Crippen molar-refractivity contribution in [1.82, 2.24) is 4.98 Å². The lowest BCUT2D eigenvalue weighted by atomic mass is 9.82. The molecule has 4 nitrogen and oxygen atoms in total. The molecule has 0 atom stereocenters. The number of nitrogens with zero attached hydrogens (tertiary/aromatic N) is 1. The van der Waals surface area contributed by atoms with Crippen LogP contribution in [0.15, 0.2) is 0 Å². The molecule has 0 aromatic carbocycles. The number of nitrogens with one attached hydrogen (secondary N) is 1. The number of rotatable bonds is 2. The summed E-state index contributed by atoms with van der Waals surface area (Å²) in [5, 5.41) is 3.72. The largest absolute Gasteiger partial charge is 0.317 e. The van der Waals surface area contributed by atoms with Crippen molar-refractivity contribution >= 4 is 34.8 Å². The maximum atomic E-state index is 12.4. The lowest BCUT2D eigenvalue weighted by Crippen LogP contribution is -2.52. The molecule has 1 heterocycles. The van der Waals surface area contributed by atoms with Crippen molar-refractivity contribution in [2.24, 2.45) is 5.73 Å². The van der Waals surface area contributed by atoms with Gasteiger partial charge in [-0.2, -0.15) is 0 Å². The quantitative estimate of drug-likeness (QED) is 0.817. The van der Waals surface area contributed by atoms with Gasteiger partial charge in [0.25, 0.3) is 0 Å². The van der Waals surface area contributed by atoms with Crippen LogP contribution in [0.1, 0.15) is 61.9 Å². The van der Waals surface area contributed by atoms with Crippen LogP contribution in [0.25, 0.3) is 0 Å². The summed E-state index contributed by atoms with van der Waals surface area (Å²) in [7, 11) is 0. The summed E-state index contributed by atoms with van der Waals surface area (Å²) in [5.74, 6) is -0.0406. The fourth-order valence-electron chi connectivity index (χ4n) is 3.21. The molecule has 1 fully saturated rings. The van der Waals surface area contributed by atoms with Crippen molar-refractivity contribution in [1.29, 1.82) is 0 Å². The molecule has 0 spiro atoms. The molecule has 0 aliphatic heterocycles. The van der Waals surface area contributed by atoms with E-state index in [1.54, 1.807) is 11.3 Å². The van der Waals surface area contributed by atoms with Crippen LogP contribution in [0.4, 0.5) is 5.13 Å². The van der Waals surface area contributed by atoms with Crippen LogP contribution in [0.2, 0.25) is 0 Å². The number of anilines is 1. The van der Waals surface area contributed by atoms with Crippen molar-refractivity contribution in [3.63, 3.8) is 0 Å². The topological polar surface area (TPSA) is 68.0 Å². The number of amides is 1. The summed E-state index contributed by atoms with van der Waals surface area (Å²) in [5.41, 5.74) is 6.78. The van der Waals surface area contributed by atoms with E-state index < -0.39 is 5.54 Å². The van der Waals surface area contributed by atoms with Gasteiger partial charge in [0, 0.05) is 4.88 Å². The van der Waals surface area contributed by atoms with Crippen LogP contribution in [-0.2, 0) is 17.6 Å². The average molecular weight is 330 g/mol. The number of thiazole rings is 1. The first-order valence-electron chi connectivity index (χ1n) is 7.76. The van der Waals surface area contributed by atoms with Gasteiger partial charge < -0.3 is 11.1 Å². The lowest BCUT2D eigenvalue weighted by molar-refractivity contribution is -0.122. The van der Waals surface area contributed by atoms with Gasteiger partial charge in [-0.1, -0.05) is 25.7 Å². The van der Waals surface area contributed by atoms with E-state index in [2.05, 4.69) is 10.3 Å². The molecule has 118 valence electrons. The molecule has 2 aliphatic rings. The molecule has 2 aliphatic carbocycles. The average Bonchev–Trinajstić information content (AvgIpc) is 2.68. The number of aromatic nitrogens is 1. The van der Waals surface area contributed by atoms with Crippen molar-refractivity contribution < 1.29 is 4.79 Å². The second kappa shape index (κ2) is 7.07. The van der Waals surface area contributed by atoms with Gasteiger partial charge in [-0.15, -0.1) is 23.7 Å². The summed E-state index contributed by atoms with van der Waals surface area (Å²) >= 11 is 1.64. The van der Waals surface area contributed by atoms with E-state index in [0.29, 0.717) is 0 Å². The Bertz CT molecular complexity index is 474. The summed E-state index contributed by atoms with van der Waals surface area (Å²) in [6.07, 6.45) is 10.8. The Morgan fingerprint density at radius 2 is 1.76 bits per heavy atom. The summed E-state index contributed by atoms with van der Waals surface area (Å²) < 4.78 is 0. The number of aryl methyl sites for hydroxylation is 2. The molecule has 1 amide bonds. The molecule has 0 unspecified atom stereocenters. The predicted molar refractivity (Wildman–Crippen MR) is 89.3 cm³/mol. The van der Waals surface area contributed by atoms with Gasteiger partial charge in [0.05, 0.1) is 11.2 Å². The number of hydrogen-bond acceptors (Lipinski definition) is 4. The molecule has 1 aromatic heterocycles. The molecule has 0 radical (unpaired) electrons. The summed E-state index contributed by atoms with van der Waals surface area (Å²) in [4.78, 5) is 18.4. The number of carbonyl (C=O) groups excluding carboxylic acids is 1. The number of nitrogens with two attached hydrogens (primary N) is 1. The van der Waals surface area contributed by atoms with Gasteiger partial charge in [-0.3, -0.25) is 4.79 Å². The van der Waals surface area contributed by atoms with Crippen LogP contribution in [0.3, 0.4) is 0 Å². The summed E-state index contributed by atoms with van der Waals surface area (Å²) in [6, 6.07) is 0. The monoisotopic (exact) mass is 329 g/mol. The first-order chi connectivity index (χ1) is 9.67. The zero-order valence-electron chi connectivity index (χ0n) is 12.3. The third-order valence-electron chi connectivity index (χ3n) is 4.51. The number of fused-ring (bicyclic) bond motifs is 1. The Morgan fingerprint density at radius 3 is 2.52 bits per heavy atom. The Balaban J connectivity index is 0.00000161. The maximum absolute atomic E-state index is 12.4. The fraction of sp³-hybridized carbons (Fsp3) is 0.733. The minimum atomic E-state index is -0.679. The van der Waals surface area contributed by atoms with Gasteiger partial charge in [-0.05, 0) is 38.5 Å². The molecule has 21 heavy (non-hydrogen) atoms.